The van der Waals surface area contributed by atoms with Crippen LogP contribution < -0.4 is 4.57 Å². The van der Waals surface area contributed by atoms with Gasteiger partial charge in [0.15, 0.2) is 18.9 Å². The summed E-state index contributed by atoms with van der Waals surface area (Å²) in [7, 11) is 1.32. The van der Waals surface area contributed by atoms with Crippen LogP contribution in [0.1, 0.15) is 25.3 Å². The van der Waals surface area contributed by atoms with Crippen LogP contribution in [-0.4, -0.2) is 31.4 Å². The molecule has 6 nitrogen and oxygen atoms in total. The molecular formula is C23H24ClN2O4+. The average molecular weight is 428 g/mol. The first-order valence-corrected chi connectivity index (χ1v) is 10.1. The summed E-state index contributed by atoms with van der Waals surface area (Å²) in [5.41, 5.74) is 2.07. The van der Waals surface area contributed by atoms with Crippen molar-refractivity contribution < 1.29 is 23.6 Å². The second-order valence-electron chi connectivity index (χ2n) is 6.88. The van der Waals surface area contributed by atoms with E-state index in [4.69, 9.17) is 21.1 Å². The molecule has 2 atom stereocenters. The zero-order valence-electron chi connectivity index (χ0n) is 17.2. The molecule has 1 aliphatic rings. The third kappa shape index (κ3) is 4.44. The van der Waals surface area contributed by atoms with Gasteiger partial charge >= 0.3 is 11.9 Å². The number of nitrogens with zero attached hydrogens (tertiary/aromatic N) is 2. The number of rotatable bonds is 6. The monoisotopic (exact) mass is 427 g/mol. The Morgan fingerprint density at radius 1 is 1.13 bits per heavy atom. The largest absolute Gasteiger partial charge is 0.468 e. The number of esters is 2. The number of aliphatic imine (C=N–C) groups is 1. The zero-order valence-corrected chi connectivity index (χ0v) is 17.9. The van der Waals surface area contributed by atoms with Gasteiger partial charge in [0.25, 0.3) is 0 Å². The summed E-state index contributed by atoms with van der Waals surface area (Å²) < 4.78 is 12.3. The number of hydrogen-bond acceptors (Lipinski definition) is 5. The summed E-state index contributed by atoms with van der Waals surface area (Å²) in [5.74, 6) is -2.44. The molecule has 1 aliphatic heterocycles. The third-order valence-electron chi connectivity index (χ3n) is 5.02. The van der Waals surface area contributed by atoms with Gasteiger partial charge in [0.2, 0.25) is 0 Å². The Bertz CT molecular complexity index is 1000. The Labute approximate surface area is 180 Å². The number of carbonyl (C=O) groups is 2. The molecular weight excluding hydrogens is 404 g/mol. The summed E-state index contributed by atoms with van der Waals surface area (Å²) >= 11 is 6.50. The number of allylic oxidation sites excluding steroid dienone is 1. The lowest BCUT2D eigenvalue weighted by atomic mass is 9.75. The van der Waals surface area contributed by atoms with Gasteiger partial charge in [-0.3, -0.25) is 9.79 Å². The van der Waals surface area contributed by atoms with Crippen LogP contribution in [0.2, 0.25) is 5.02 Å². The molecule has 0 fully saturated rings. The number of methoxy groups -OCH3 is 1. The molecule has 1 aromatic heterocycles. The Hall–Kier alpha value is -2.99. The van der Waals surface area contributed by atoms with Gasteiger partial charge < -0.3 is 9.47 Å². The lowest BCUT2D eigenvalue weighted by Gasteiger charge is -2.31. The van der Waals surface area contributed by atoms with Gasteiger partial charge in [0.05, 0.1) is 19.3 Å². The van der Waals surface area contributed by atoms with E-state index in [1.807, 2.05) is 47.3 Å². The van der Waals surface area contributed by atoms with Gasteiger partial charge in [-0.2, -0.15) is 4.57 Å². The maximum absolute atomic E-state index is 13.1. The molecule has 0 aliphatic carbocycles. The van der Waals surface area contributed by atoms with Gasteiger partial charge in [-0.1, -0.05) is 35.9 Å². The molecule has 0 bridgehead atoms. The topological polar surface area (TPSA) is 68.8 Å². The second kappa shape index (κ2) is 9.67. The van der Waals surface area contributed by atoms with Crippen LogP contribution in [0.25, 0.3) is 0 Å². The number of halogens is 1. The van der Waals surface area contributed by atoms with Crippen molar-refractivity contribution in [3.63, 3.8) is 0 Å². The molecule has 0 saturated heterocycles. The van der Waals surface area contributed by atoms with Crippen LogP contribution in [0.15, 0.2) is 71.1 Å². The molecule has 7 heteroatoms. The molecule has 156 valence electrons. The molecule has 30 heavy (non-hydrogen) atoms. The van der Waals surface area contributed by atoms with Gasteiger partial charge in [-0.05, 0) is 25.5 Å². The minimum absolute atomic E-state index is 0.203. The first kappa shape index (κ1) is 21.7. The number of hydrogen-bond donors (Lipinski definition) is 0. The summed E-state index contributed by atoms with van der Waals surface area (Å²) in [6, 6.07) is 12.9. The van der Waals surface area contributed by atoms with E-state index in [9.17, 15) is 9.59 Å². The highest BCUT2D eigenvalue weighted by Gasteiger charge is 2.44. The standard InChI is InChI=1S/C23H24ClN2O4/c1-4-30-23(28)21-18(14-26-12-8-5-9-13-26)25-15(2)19(22(27)29-3)20(21)16-10-6-7-11-17(16)24/h5-13,19-20H,4,14H2,1-3H3/q+1. The fourth-order valence-corrected chi connectivity index (χ4v) is 3.97. The van der Waals surface area contributed by atoms with Gasteiger partial charge in [0.1, 0.15) is 11.6 Å². The Morgan fingerprint density at radius 3 is 2.47 bits per heavy atom. The Morgan fingerprint density at radius 2 is 1.83 bits per heavy atom. The molecule has 0 radical (unpaired) electrons. The number of carbonyl (C=O) groups excluding carboxylic acids is 2. The first-order chi connectivity index (χ1) is 14.5. The fourth-order valence-electron chi connectivity index (χ4n) is 3.71. The molecule has 3 rings (SSSR count). The van der Waals surface area contributed by atoms with E-state index in [0.717, 1.165) is 0 Å². The maximum atomic E-state index is 13.1. The van der Waals surface area contributed by atoms with Crippen LogP contribution >= 0.6 is 11.6 Å². The lowest BCUT2D eigenvalue weighted by molar-refractivity contribution is -0.689. The highest BCUT2D eigenvalue weighted by Crippen LogP contribution is 2.42. The van der Waals surface area contributed by atoms with Crippen molar-refractivity contribution in [2.45, 2.75) is 26.3 Å². The smallest absolute Gasteiger partial charge is 0.336 e. The van der Waals surface area contributed by atoms with Crippen molar-refractivity contribution in [1.29, 1.82) is 0 Å². The van der Waals surface area contributed by atoms with Crippen molar-refractivity contribution in [2.24, 2.45) is 10.9 Å². The quantitative estimate of drug-likeness (QED) is 0.522. The Balaban J connectivity index is 2.24. The van der Waals surface area contributed by atoms with Crippen LogP contribution in [-0.2, 0) is 25.6 Å². The molecule has 0 saturated carbocycles. The Kier molecular flexibility index (Phi) is 7.00. The summed E-state index contributed by atoms with van der Waals surface area (Å²) in [4.78, 5) is 30.5. The molecule has 0 N–H and O–H groups in total. The summed E-state index contributed by atoms with van der Waals surface area (Å²) in [5, 5.41) is 0.458. The highest BCUT2D eigenvalue weighted by atomic mass is 35.5. The number of aromatic nitrogens is 1. The number of benzene rings is 1. The van der Waals surface area contributed by atoms with E-state index in [-0.39, 0.29) is 6.61 Å². The van der Waals surface area contributed by atoms with Crippen LogP contribution in [0, 0.1) is 5.92 Å². The SMILES string of the molecule is CCOC(=O)C1=C(C[n+]2ccccc2)N=C(C)C(C(=O)OC)C1c1ccccc1Cl. The van der Waals surface area contributed by atoms with Gasteiger partial charge in [0, 0.05) is 28.8 Å². The van der Waals surface area contributed by atoms with E-state index in [1.165, 1.54) is 7.11 Å². The zero-order chi connectivity index (χ0) is 21.7. The van der Waals surface area contributed by atoms with Crippen molar-refractivity contribution in [3.05, 3.63) is 76.7 Å². The van der Waals surface area contributed by atoms with E-state index in [2.05, 4.69) is 4.99 Å². The van der Waals surface area contributed by atoms with Crippen LogP contribution in [0.3, 0.4) is 0 Å². The highest BCUT2D eigenvalue weighted by molar-refractivity contribution is 6.31. The second-order valence-corrected chi connectivity index (χ2v) is 7.29. The molecule has 2 heterocycles. The predicted molar refractivity (Wildman–Crippen MR) is 113 cm³/mol. The maximum Gasteiger partial charge on any atom is 0.336 e. The summed E-state index contributed by atoms with van der Waals surface area (Å²) in [6.07, 6.45) is 3.77. The molecule has 2 aromatic rings. The molecule has 2 unspecified atom stereocenters. The van der Waals surface area contributed by atoms with E-state index < -0.39 is 23.8 Å². The minimum atomic E-state index is -0.779. The number of ether oxygens (including phenoxy) is 2. The van der Waals surface area contributed by atoms with Crippen molar-refractivity contribution in [3.8, 4) is 0 Å². The average Bonchev–Trinajstić information content (AvgIpc) is 2.74. The minimum Gasteiger partial charge on any atom is -0.468 e. The predicted octanol–water partition coefficient (Wildman–Crippen LogP) is 3.49. The van der Waals surface area contributed by atoms with E-state index in [0.29, 0.717) is 34.1 Å². The summed E-state index contributed by atoms with van der Waals surface area (Å²) in [6.45, 7) is 4.06. The van der Waals surface area contributed by atoms with E-state index >= 15 is 0 Å². The van der Waals surface area contributed by atoms with Gasteiger partial charge in [-0.25, -0.2) is 4.79 Å². The molecule has 1 aromatic carbocycles. The number of pyridine rings is 1. The molecule has 0 spiro atoms. The molecule has 0 amide bonds. The third-order valence-corrected chi connectivity index (χ3v) is 5.36. The van der Waals surface area contributed by atoms with E-state index in [1.54, 1.807) is 26.0 Å². The van der Waals surface area contributed by atoms with Crippen LogP contribution in [0.4, 0.5) is 0 Å². The first-order valence-electron chi connectivity index (χ1n) is 9.69. The van der Waals surface area contributed by atoms with Crippen LogP contribution in [0.5, 0.6) is 0 Å². The fraction of sp³-hybridized carbons (Fsp3) is 0.304. The lowest BCUT2D eigenvalue weighted by Crippen LogP contribution is -2.40. The van der Waals surface area contributed by atoms with Crippen molar-refractivity contribution in [1.82, 2.24) is 0 Å². The van der Waals surface area contributed by atoms with Gasteiger partial charge in [-0.15, -0.1) is 0 Å². The van der Waals surface area contributed by atoms with Crippen molar-refractivity contribution in [2.75, 3.05) is 13.7 Å². The van der Waals surface area contributed by atoms with Crippen molar-refractivity contribution >= 4 is 29.3 Å². The normalized spacial score (nSPS) is 18.6.